The summed E-state index contributed by atoms with van der Waals surface area (Å²) in [6.07, 6.45) is -2.81. The van der Waals surface area contributed by atoms with E-state index in [1.807, 2.05) is 36.5 Å². The minimum absolute atomic E-state index is 0.158. The van der Waals surface area contributed by atoms with E-state index in [9.17, 15) is 18.0 Å². The number of benzene rings is 1. The Morgan fingerprint density at radius 3 is 2.85 bits per heavy atom. The normalized spacial score (nSPS) is 11.3. The SMILES string of the molecule is C=CCn1c(COc2cccc(C)c2)nnc1SCC(=O)NCC(F)(F)F. The van der Waals surface area contributed by atoms with Crippen molar-refractivity contribution >= 4 is 17.7 Å². The fourth-order valence-electron chi connectivity index (χ4n) is 2.08. The quantitative estimate of drug-likeness (QED) is 0.517. The molecule has 0 spiro atoms. The number of nitrogens with one attached hydrogen (secondary N) is 1. The molecule has 1 heterocycles. The molecule has 27 heavy (non-hydrogen) atoms. The molecule has 1 amide bonds. The van der Waals surface area contributed by atoms with Crippen LogP contribution in [0.1, 0.15) is 11.4 Å². The first-order valence-electron chi connectivity index (χ1n) is 7.97. The van der Waals surface area contributed by atoms with Gasteiger partial charge in [-0.2, -0.15) is 13.2 Å². The number of ether oxygens (including phenoxy) is 1. The van der Waals surface area contributed by atoms with Crippen molar-refractivity contribution in [1.29, 1.82) is 0 Å². The average Bonchev–Trinajstić information content (AvgIpc) is 2.98. The highest BCUT2D eigenvalue weighted by atomic mass is 32.2. The lowest BCUT2D eigenvalue weighted by molar-refractivity contribution is -0.136. The monoisotopic (exact) mass is 400 g/mol. The van der Waals surface area contributed by atoms with Crippen molar-refractivity contribution in [1.82, 2.24) is 20.1 Å². The summed E-state index contributed by atoms with van der Waals surface area (Å²) in [5.74, 6) is 0.269. The zero-order valence-corrected chi connectivity index (χ0v) is 15.4. The predicted octanol–water partition coefficient (Wildman–Crippen LogP) is 3.12. The minimum atomic E-state index is -4.44. The average molecular weight is 400 g/mol. The number of amides is 1. The molecule has 10 heteroatoms. The van der Waals surface area contributed by atoms with Crippen LogP contribution in [0.2, 0.25) is 0 Å². The van der Waals surface area contributed by atoms with Crippen molar-refractivity contribution in [3.05, 3.63) is 48.3 Å². The molecule has 6 nitrogen and oxygen atoms in total. The van der Waals surface area contributed by atoms with Crippen molar-refractivity contribution in [3.8, 4) is 5.75 Å². The topological polar surface area (TPSA) is 69.0 Å². The lowest BCUT2D eigenvalue weighted by Crippen LogP contribution is -2.34. The summed E-state index contributed by atoms with van der Waals surface area (Å²) in [5, 5.41) is 10.3. The Kier molecular flexibility index (Phi) is 7.28. The van der Waals surface area contributed by atoms with E-state index in [-0.39, 0.29) is 12.4 Å². The van der Waals surface area contributed by atoms with E-state index >= 15 is 0 Å². The third kappa shape index (κ3) is 6.97. The Morgan fingerprint density at radius 2 is 2.19 bits per heavy atom. The van der Waals surface area contributed by atoms with Gasteiger partial charge in [0, 0.05) is 6.54 Å². The van der Waals surface area contributed by atoms with E-state index in [2.05, 4.69) is 16.8 Å². The molecule has 0 bridgehead atoms. The van der Waals surface area contributed by atoms with Crippen LogP contribution in [0.25, 0.3) is 0 Å². The molecule has 0 aliphatic heterocycles. The zero-order chi connectivity index (χ0) is 19.9. The number of aryl methyl sites for hydroxylation is 1. The number of hydrogen-bond donors (Lipinski definition) is 1. The van der Waals surface area contributed by atoms with Gasteiger partial charge in [-0.3, -0.25) is 9.36 Å². The van der Waals surface area contributed by atoms with E-state index in [0.29, 0.717) is 23.3 Å². The number of carbonyl (C=O) groups is 1. The molecule has 146 valence electrons. The molecule has 0 unspecified atom stereocenters. The number of aromatic nitrogens is 3. The van der Waals surface area contributed by atoms with Gasteiger partial charge < -0.3 is 10.1 Å². The molecule has 0 aliphatic rings. The van der Waals surface area contributed by atoms with E-state index in [1.54, 1.807) is 10.6 Å². The summed E-state index contributed by atoms with van der Waals surface area (Å²) < 4.78 is 43.8. The Labute approximate surface area is 158 Å². The highest BCUT2D eigenvalue weighted by Gasteiger charge is 2.27. The van der Waals surface area contributed by atoms with Crippen molar-refractivity contribution < 1.29 is 22.7 Å². The Morgan fingerprint density at radius 1 is 1.41 bits per heavy atom. The van der Waals surface area contributed by atoms with Crippen LogP contribution in [0.4, 0.5) is 13.2 Å². The molecule has 0 atom stereocenters. The van der Waals surface area contributed by atoms with Crippen LogP contribution >= 0.6 is 11.8 Å². The van der Waals surface area contributed by atoms with Gasteiger partial charge in [-0.1, -0.05) is 30.0 Å². The van der Waals surface area contributed by atoms with E-state index in [4.69, 9.17) is 4.74 Å². The number of allylic oxidation sites excluding steroid dienone is 1. The van der Waals surface area contributed by atoms with Gasteiger partial charge in [0.2, 0.25) is 5.91 Å². The fourth-order valence-corrected chi connectivity index (χ4v) is 2.87. The molecule has 0 saturated carbocycles. The van der Waals surface area contributed by atoms with Crippen molar-refractivity contribution in [2.45, 2.75) is 31.4 Å². The molecular formula is C17H19F3N4O2S. The van der Waals surface area contributed by atoms with Crippen LogP contribution in [0, 0.1) is 6.92 Å². The standard InChI is InChI=1S/C17H19F3N4O2S/c1-3-7-24-14(9-26-13-6-4-5-12(2)8-13)22-23-16(24)27-10-15(25)21-11-17(18,19)20/h3-6,8H,1,7,9-11H2,2H3,(H,21,25). The van der Waals surface area contributed by atoms with E-state index in [1.165, 1.54) is 0 Å². The summed E-state index contributed by atoms with van der Waals surface area (Å²) in [7, 11) is 0. The summed E-state index contributed by atoms with van der Waals surface area (Å²) in [6, 6.07) is 7.53. The number of nitrogens with zero attached hydrogens (tertiary/aromatic N) is 3. The molecule has 2 rings (SSSR count). The molecule has 1 N–H and O–H groups in total. The predicted molar refractivity (Wildman–Crippen MR) is 95.5 cm³/mol. The fraction of sp³-hybridized carbons (Fsp3) is 0.353. The highest BCUT2D eigenvalue weighted by Crippen LogP contribution is 2.19. The van der Waals surface area contributed by atoms with Gasteiger partial charge in [0.15, 0.2) is 11.0 Å². The van der Waals surface area contributed by atoms with E-state index < -0.39 is 18.6 Å². The van der Waals surface area contributed by atoms with Gasteiger partial charge in [0.05, 0.1) is 5.75 Å². The second-order valence-corrected chi connectivity index (χ2v) is 6.53. The molecule has 1 aromatic carbocycles. The lowest BCUT2D eigenvalue weighted by Gasteiger charge is -2.10. The van der Waals surface area contributed by atoms with Crippen molar-refractivity contribution in [3.63, 3.8) is 0 Å². The molecule has 2 aromatic rings. The van der Waals surface area contributed by atoms with Gasteiger partial charge in [-0.15, -0.1) is 16.8 Å². The smallest absolute Gasteiger partial charge is 0.405 e. The maximum Gasteiger partial charge on any atom is 0.405 e. The first-order chi connectivity index (χ1) is 12.8. The molecule has 0 fully saturated rings. The molecule has 0 saturated heterocycles. The first-order valence-corrected chi connectivity index (χ1v) is 8.96. The second kappa shape index (κ2) is 9.45. The van der Waals surface area contributed by atoms with Gasteiger partial charge in [0.25, 0.3) is 0 Å². The number of thioether (sulfide) groups is 1. The molecular weight excluding hydrogens is 381 g/mol. The Bertz CT molecular complexity index is 793. The van der Waals surface area contributed by atoms with Crippen molar-refractivity contribution in [2.75, 3.05) is 12.3 Å². The minimum Gasteiger partial charge on any atom is -0.486 e. The number of alkyl halides is 3. The van der Waals surface area contributed by atoms with E-state index in [0.717, 1.165) is 17.3 Å². The van der Waals surface area contributed by atoms with Crippen LogP contribution < -0.4 is 10.1 Å². The van der Waals surface area contributed by atoms with Crippen LogP contribution in [-0.4, -0.2) is 39.1 Å². The van der Waals surface area contributed by atoms with Crippen LogP contribution in [0.3, 0.4) is 0 Å². The van der Waals surface area contributed by atoms with Crippen LogP contribution in [0.5, 0.6) is 5.75 Å². The number of carbonyl (C=O) groups excluding carboxylic acids is 1. The summed E-state index contributed by atoms with van der Waals surface area (Å²) in [6.45, 7) is 4.80. The maximum atomic E-state index is 12.1. The summed E-state index contributed by atoms with van der Waals surface area (Å²) >= 11 is 0.997. The van der Waals surface area contributed by atoms with Crippen LogP contribution in [0.15, 0.2) is 42.1 Å². The number of rotatable bonds is 9. The second-order valence-electron chi connectivity index (χ2n) is 5.58. The van der Waals surface area contributed by atoms with Gasteiger partial charge in [-0.25, -0.2) is 0 Å². The van der Waals surface area contributed by atoms with Gasteiger partial charge in [0.1, 0.15) is 18.9 Å². The molecule has 0 aliphatic carbocycles. The summed E-state index contributed by atoms with van der Waals surface area (Å²) in [5.41, 5.74) is 1.06. The van der Waals surface area contributed by atoms with Gasteiger partial charge >= 0.3 is 6.18 Å². The Balaban J connectivity index is 1.97. The van der Waals surface area contributed by atoms with Crippen LogP contribution in [-0.2, 0) is 17.9 Å². The van der Waals surface area contributed by atoms with Gasteiger partial charge in [-0.05, 0) is 24.6 Å². The zero-order valence-electron chi connectivity index (χ0n) is 14.6. The maximum absolute atomic E-state index is 12.1. The third-order valence-electron chi connectivity index (χ3n) is 3.28. The summed E-state index contributed by atoms with van der Waals surface area (Å²) in [4.78, 5) is 11.5. The Hall–Kier alpha value is -2.49. The lowest BCUT2D eigenvalue weighted by atomic mass is 10.2. The largest absolute Gasteiger partial charge is 0.486 e. The first kappa shape index (κ1) is 20.8. The third-order valence-corrected chi connectivity index (χ3v) is 4.25. The number of hydrogen-bond acceptors (Lipinski definition) is 5. The number of halogens is 3. The highest BCUT2D eigenvalue weighted by molar-refractivity contribution is 7.99. The van der Waals surface area contributed by atoms with Crippen molar-refractivity contribution in [2.24, 2.45) is 0 Å². The molecule has 0 radical (unpaired) electrons. The molecule has 1 aromatic heterocycles.